The van der Waals surface area contributed by atoms with Gasteiger partial charge in [-0.1, -0.05) is 13.8 Å². The number of alkyl halides is 2. The fraction of sp³-hybridized carbons (Fsp3) is 1.00. The van der Waals surface area contributed by atoms with Gasteiger partial charge in [0, 0.05) is 0 Å². The molecule has 0 fully saturated rings. The van der Waals surface area contributed by atoms with Crippen LogP contribution in [0.2, 0.25) is 0 Å². The molecule has 0 amide bonds. The number of nitrogens with two attached hydrogens (primary N) is 1. The van der Waals surface area contributed by atoms with E-state index in [4.69, 9.17) is 9.88 Å². The fourth-order valence-corrected chi connectivity index (χ4v) is 2.12. The van der Waals surface area contributed by atoms with Gasteiger partial charge in [0.25, 0.3) is 6.43 Å². The standard InChI is InChI=1S/C8H17F2NO3S/c1-6(2)7(5-15(11,12)13)3-14-4-8(9)10/h6-8H,3-5H2,1-2H3,(H2,11,12,13). The lowest BCUT2D eigenvalue weighted by atomic mass is 9.99. The van der Waals surface area contributed by atoms with Crippen molar-refractivity contribution >= 4 is 10.0 Å². The summed E-state index contributed by atoms with van der Waals surface area (Å²) >= 11 is 0. The molecule has 1 unspecified atom stereocenters. The van der Waals surface area contributed by atoms with Crippen molar-refractivity contribution < 1.29 is 21.9 Å². The van der Waals surface area contributed by atoms with Crippen LogP contribution in [0.3, 0.4) is 0 Å². The van der Waals surface area contributed by atoms with Crippen molar-refractivity contribution in [2.45, 2.75) is 20.3 Å². The quantitative estimate of drug-likeness (QED) is 0.722. The van der Waals surface area contributed by atoms with E-state index in [1.807, 2.05) is 0 Å². The minimum atomic E-state index is -3.59. The van der Waals surface area contributed by atoms with Gasteiger partial charge in [-0.05, 0) is 11.8 Å². The maximum absolute atomic E-state index is 11.8. The summed E-state index contributed by atoms with van der Waals surface area (Å²) in [5.74, 6) is -0.576. The van der Waals surface area contributed by atoms with E-state index in [2.05, 4.69) is 0 Å². The second kappa shape index (κ2) is 6.34. The zero-order valence-corrected chi connectivity index (χ0v) is 9.64. The fourth-order valence-electron chi connectivity index (χ4n) is 1.04. The molecule has 0 spiro atoms. The van der Waals surface area contributed by atoms with Crippen LogP contribution in [0.4, 0.5) is 8.78 Å². The molecule has 0 aromatic rings. The topological polar surface area (TPSA) is 69.4 Å². The van der Waals surface area contributed by atoms with E-state index in [0.29, 0.717) is 0 Å². The zero-order valence-electron chi connectivity index (χ0n) is 8.82. The van der Waals surface area contributed by atoms with Crippen molar-refractivity contribution in [3.63, 3.8) is 0 Å². The van der Waals surface area contributed by atoms with Crippen molar-refractivity contribution in [2.75, 3.05) is 19.0 Å². The van der Waals surface area contributed by atoms with Crippen LogP contribution in [0.25, 0.3) is 0 Å². The lowest BCUT2D eigenvalue weighted by Crippen LogP contribution is -2.29. The first kappa shape index (κ1) is 14.7. The van der Waals surface area contributed by atoms with Gasteiger partial charge in [0.15, 0.2) is 0 Å². The molecule has 0 saturated heterocycles. The number of hydrogen-bond acceptors (Lipinski definition) is 3. The Hall–Kier alpha value is -0.270. The van der Waals surface area contributed by atoms with E-state index < -0.39 is 23.1 Å². The van der Waals surface area contributed by atoms with Crippen LogP contribution in [-0.4, -0.2) is 33.8 Å². The number of halogens is 2. The Kier molecular flexibility index (Phi) is 6.23. The van der Waals surface area contributed by atoms with Crippen molar-refractivity contribution in [1.29, 1.82) is 0 Å². The van der Waals surface area contributed by atoms with Crippen LogP contribution < -0.4 is 5.14 Å². The molecule has 1 atom stereocenters. The number of primary sulfonamides is 1. The van der Waals surface area contributed by atoms with Crippen LogP contribution >= 0.6 is 0 Å². The molecule has 0 aromatic heterocycles. The van der Waals surface area contributed by atoms with Gasteiger partial charge in [0.05, 0.1) is 12.4 Å². The summed E-state index contributed by atoms with van der Waals surface area (Å²) < 4.78 is 49.8. The Balaban J connectivity index is 4.07. The highest BCUT2D eigenvalue weighted by molar-refractivity contribution is 7.89. The van der Waals surface area contributed by atoms with Crippen molar-refractivity contribution in [3.8, 4) is 0 Å². The molecule has 92 valence electrons. The van der Waals surface area contributed by atoms with Crippen LogP contribution in [-0.2, 0) is 14.8 Å². The van der Waals surface area contributed by atoms with Gasteiger partial charge in [0.1, 0.15) is 6.61 Å². The lowest BCUT2D eigenvalue weighted by Gasteiger charge is -2.19. The first-order valence-electron chi connectivity index (χ1n) is 4.58. The molecule has 15 heavy (non-hydrogen) atoms. The number of sulfonamides is 1. The third-order valence-electron chi connectivity index (χ3n) is 1.96. The van der Waals surface area contributed by atoms with E-state index >= 15 is 0 Å². The molecule has 0 aliphatic heterocycles. The van der Waals surface area contributed by atoms with Gasteiger partial charge >= 0.3 is 0 Å². The lowest BCUT2D eigenvalue weighted by molar-refractivity contribution is 0.00107. The van der Waals surface area contributed by atoms with Gasteiger partial charge in [-0.2, -0.15) is 0 Å². The third-order valence-corrected chi connectivity index (χ3v) is 2.86. The minimum absolute atomic E-state index is 0.0148. The molecule has 0 aliphatic rings. The van der Waals surface area contributed by atoms with Crippen molar-refractivity contribution in [1.82, 2.24) is 0 Å². The van der Waals surface area contributed by atoms with Crippen LogP contribution in [0.1, 0.15) is 13.8 Å². The van der Waals surface area contributed by atoms with Gasteiger partial charge < -0.3 is 4.74 Å². The maximum atomic E-state index is 11.8. The highest BCUT2D eigenvalue weighted by atomic mass is 32.2. The molecule has 0 rings (SSSR count). The Labute approximate surface area is 88.8 Å². The van der Waals surface area contributed by atoms with Gasteiger partial charge in [-0.25, -0.2) is 22.3 Å². The van der Waals surface area contributed by atoms with E-state index in [1.165, 1.54) is 0 Å². The Morgan fingerprint density at radius 2 is 1.80 bits per heavy atom. The molecule has 0 bridgehead atoms. The third kappa shape index (κ3) is 8.71. The molecular formula is C8H17F2NO3S. The first-order chi connectivity index (χ1) is 6.72. The minimum Gasteiger partial charge on any atom is -0.375 e. The molecule has 7 heteroatoms. The van der Waals surface area contributed by atoms with Crippen molar-refractivity contribution in [3.05, 3.63) is 0 Å². The summed E-state index contributed by atoms with van der Waals surface area (Å²) in [5.41, 5.74) is 0. The Bertz CT molecular complexity index is 267. The monoisotopic (exact) mass is 245 g/mol. The van der Waals surface area contributed by atoms with Crippen LogP contribution in [0.15, 0.2) is 0 Å². The Morgan fingerprint density at radius 1 is 1.27 bits per heavy atom. The molecule has 4 nitrogen and oxygen atoms in total. The summed E-state index contributed by atoms with van der Waals surface area (Å²) in [6, 6.07) is 0. The SMILES string of the molecule is CC(C)C(COCC(F)F)CS(N)(=O)=O. The second-order valence-corrected chi connectivity index (χ2v) is 5.42. The molecule has 0 radical (unpaired) electrons. The summed E-state index contributed by atoms with van der Waals surface area (Å²) in [6.45, 7) is 2.90. The van der Waals surface area contributed by atoms with E-state index in [1.54, 1.807) is 13.8 Å². The second-order valence-electron chi connectivity index (χ2n) is 3.76. The van der Waals surface area contributed by atoms with Crippen molar-refractivity contribution in [2.24, 2.45) is 17.0 Å². The summed E-state index contributed by atoms with van der Waals surface area (Å²) in [4.78, 5) is 0. The molecular weight excluding hydrogens is 228 g/mol. The van der Waals surface area contributed by atoms with E-state index in [-0.39, 0.29) is 24.2 Å². The summed E-state index contributed by atoms with van der Waals surface area (Å²) in [6.07, 6.45) is -2.53. The Morgan fingerprint density at radius 3 is 2.13 bits per heavy atom. The normalized spacial score (nSPS) is 14.9. The average molecular weight is 245 g/mol. The van der Waals surface area contributed by atoms with Crippen LogP contribution in [0.5, 0.6) is 0 Å². The predicted octanol–water partition coefficient (Wildman–Crippen LogP) is 0.829. The zero-order chi connectivity index (χ0) is 12.1. The molecule has 0 heterocycles. The summed E-state index contributed by atoms with van der Waals surface area (Å²) in [5, 5.41) is 4.87. The largest absolute Gasteiger partial charge is 0.375 e. The van der Waals surface area contributed by atoms with Gasteiger partial charge in [-0.15, -0.1) is 0 Å². The van der Waals surface area contributed by atoms with Gasteiger partial charge in [-0.3, -0.25) is 0 Å². The van der Waals surface area contributed by atoms with E-state index in [9.17, 15) is 17.2 Å². The van der Waals surface area contributed by atoms with Crippen LogP contribution in [0, 0.1) is 11.8 Å². The number of rotatable bonds is 7. The summed E-state index contributed by atoms with van der Waals surface area (Å²) in [7, 11) is -3.59. The maximum Gasteiger partial charge on any atom is 0.261 e. The molecule has 2 N–H and O–H groups in total. The van der Waals surface area contributed by atoms with Gasteiger partial charge in [0.2, 0.25) is 10.0 Å². The number of hydrogen-bond donors (Lipinski definition) is 1. The molecule has 0 saturated carbocycles. The highest BCUT2D eigenvalue weighted by Gasteiger charge is 2.20. The van der Waals surface area contributed by atoms with E-state index in [0.717, 1.165) is 0 Å². The number of ether oxygens (including phenoxy) is 1. The first-order valence-corrected chi connectivity index (χ1v) is 6.30. The highest BCUT2D eigenvalue weighted by Crippen LogP contribution is 2.13. The average Bonchev–Trinajstić information content (AvgIpc) is 1.99. The smallest absolute Gasteiger partial charge is 0.261 e. The molecule has 0 aromatic carbocycles. The predicted molar refractivity (Wildman–Crippen MR) is 53.1 cm³/mol. The molecule has 0 aliphatic carbocycles.